The molecule has 0 unspecified atom stereocenters. The predicted molar refractivity (Wildman–Crippen MR) is 88.8 cm³/mol. The number of hydrogen-bond acceptors (Lipinski definition) is 6. The summed E-state index contributed by atoms with van der Waals surface area (Å²) in [7, 11) is 0. The fraction of sp³-hybridized carbons (Fsp3) is 0.200. The van der Waals surface area contributed by atoms with Gasteiger partial charge >= 0.3 is 5.79 Å². The van der Waals surface area contributed by atoms with Gasteiger partial charge in [-0.25, -0.2) is 0 Å². The standard InChI is InChI=1S/C20H12O6/c21-10-7-8-11(22)16-15(10)17(23)18-19(24-18)20(16)25-12-5-1-3-9-4-2-6-13(26-20)14(9)12/h1-8,17-19,23H/t17-,18-,19-/m1/s1. The molecule has 2 heterocycles. The van der Waals surface area contributed by atoms with E-state index < -0.39 is 35.7 Å². The Morgan fingerprint density at radius 3 is 2.27 bits per heavy atom. The number of hydrogen-bond donors (Lipinski definition) is 1. The molecule has 1 fully saturated rings. The first-order chi connectivity index (χ1) is 12.6. The average molecular weight is 348 g/mol. The Hall–Kier alpha value is -2.96. The van der Waals surface area contributed by atoms with E-state index in [1.807, 2.05) is 24.3 Å². The molecule has 128 valence electrons. The van der Waals surface area contributed by atoms with Crippen molar-refractivity contribution >= 4 is 22.3 Å². The van der Waals surface area contributed by atoms with E-state index >= 15 is 0 Å². The van der Waals surface area contributed by atoms with Gasteiger partial charge < -0.3 is 19.3 Å². The predicted octanol–water partition coefficient (Wildman–Crippen LogP) is 1.45. The molecule has 0 saturated carbocycles. The van der Waals surface area contributed by atoms with Crippen LogP contribution in [0.25, 0.3) is 10.8 Å². The largest absolute Gasteiger partial charge is 0.445 e. The molecule has 2 aromatic rings. The highest BCUT2D eigenvalue weighted by atomic mass is 16.8. The van der Waals surface area contributed by atoms with Gasteiger partial charge in [-0.3, -0.25) is 9.59 Å². The van der Waals surface area contributed by atoms with Crippen molar-refractivity contribution in [1.29, 1.82) is 0 Å². The van der Waals surface area contributed by atoms with Gasteiger partial charge in [0.1, 0.15) is 23.7 Å². The smallest absolute Gasteiger partial charge is 0.311 e. The van der Waals surface area contributed by atoms with Crippen LogP contribution < -0.4 is 9.47 Å². The van der Waals surface area contributed by atoms with Crippen LogP contribution in [-0.2, 0) is 14.3 Å². The Kier molecular flexibility index (Phi) is 2.41. The van der Waals surface area contributed by atoms with E-state index in [9.17, 15) is 14.7 Å². The van der Waals surface area contributed by atoms with Gasteiger partial charge in [0.25, 0.3) is 0 Å². The highest BCUT2D eigenvalue weighted by Gasteiger charge is 2.71. The molecule has 3 atom stereocenters. The lowest BCUT2D eigenvalue weighted by Gasteiger charge is -2.42. The molecule has 2 aliphatic carbocycles. The minimum Gasteiger partial charge on any atom is -0.445 e. The molecule has 6 heteroatoms. The number of ketones is 2. The minimum atomic E-state index is -1.57. The normalized spacial score (nSPS) is 30.0. The molecule has 4 aliphatic rings. The zero-order chi connectivity index (χ0) is 17.6. The summed E-state index contributed by atoms with van der Waals surface area (Å²) in [6.07, 6.45) is -0.114. The number of fused-ring (bicyclic) bond motifs is 3. The number of carbonyl (C=O) groups is 2. The maximum absolute atomic E-state index is 12.7. The van der Waals surface area contributed by atoms with Crippen LogP contribution in [0.2, 0.25) is 0 Å². The molecule has 0 amide bonds. The lowest BCUT2D eigenvalue weighted by atomic mass is 9.77. The monoisotopic (exact) mass is 348 g/mol. The van der Waals surface area contributed by atoms with Crippen LogP contribution in [0.5, 0.6) is 11.5 Å². The van der Waals surface area contributed by atoms with Crippen LogP contribution in [0, 0.1) is 0 Å². The molecule has 2 aromatic carbocycles. The molecular formula is C20H12O6. The third-order valence-electron chi connectivity index (χ3n) is 5.37. The van der Waals surface area contributed by atoms with E-state index in [4.69, 9.17) is 14.2 Å². The summed E-state index contributed by atoms with van der Waals surface area (Å²) in [5.74, 6) is -1.31. The van der Waals surface area contributed by atoms with Crippen LogP contribution >= 0.6 is 0 Å². The van der Waals surface area contributed by atoms with Gasteiger partial charge in [0.15, 0.2) is 17.7 Å². The van der Waals surface area contributed by atoms with Crippen molar-refractivity contribution in [3.8, 4) is 11.5 Å². The Morgan fingerprint density at radius 2 is 1.58 bits per heavy atom. The van der Waals surface area contributed by atoms with Gasteiger partial charge in [-0.2, -0.15) is 0 Å². The Bertz CT molecular complexity index is 1050. The molecule has 1 saturated heterocycles. The van der Waals surface area contributed by atoms with Crippen molar-refractivity contribution in [1.82, 2.24) is 0 Å². The van der Waals surface area contributed by atoms with Gasteiger partial charge in [0, 0.05) is 5.57 Å². The van der Waals surface area contributed by atoms with Crippen LogP contribution in [0.4, 0.5) is 0 Å². The van der Waals surface area contributed by atoms with Crippen molar-refractivity contribution in [3.05, 3.63) is 59.7 Å². The second kappa shape index (κ2) is 4.41. The molecule has 0 bridgehead atoms. The number of aliphatic hydroxyl groups excluding tert-OH is 1. The van der Waals surface area contributed by atoms with E-state index in [0.717, 1.165) is 16.8 Å². The summed E-state index contributed by atoms with van der Waals surface area (Å²) in [4.78, 5) is 25.1. The number of allylic oxidation sites excluding steroid dienone is 2. The number of epoxide rings is 1. The number of carbonyl (C=O) groups excluding carboxylic acids is 2. The van der Waals surface area contributed by atoms with Crippen LogP contribution in [-0.4, -0.2) is 40.8 Å². The fourth-order valence-electron chi connectivity index (χ4n) is 4.22. The first-order valence-electron chi connectivity index (χ1n) is 8.35. The van der Waals surface area contributed by atoms with Crippen LogP contribution in [0.15, 0.2) is 59.7 Å². The van der Waals surface area contributed by atoms with Crippen molar-refractivity contribution in [3.63, 3.8) is 0 Å². The third-order valence-corrected chi connectivity index (χ3v) is 5.37. The van der Waals surface area contributed by atoms with Gasteiger partial charge in [-0.15, -0.1) is 0 Å². The highest BCUT2D eigenvalue weighted by molar-refractivity contribution is 6.22. The van der Waals surface area contributed by atoms with E-state index in [-0.39, 0.29) is 11.1 Å². The van der Waals surface area contributed by atoms with Crippen LogP contribution in [0.1, 0.15) is 0 Å². The van der Waals surface area contributed by atoms with Crippen molar-refractivity contribution in [2.24, 2.45) is 0 Å². The van der Waals surface area contributed by atoms with E-state index in [2.05, 4.69) is 0 Å². The number of rotatable bonds is 0. The first-order valence-corrected chi connectivity index (χ1v) is 8.35. The summed E-state index contributed by atoms with van der Waals surface area (Å²) >= 11 is 0. The molecule has 6 rings (SSSR count). The summed E-state index contributed by atoms with van der Waals surface area (Å²) in [5.41, 5.74) is 0.0329. The van der Waals surface area contributed by atoms with Crippen molar-refractivity contribution in [2.45, 2.75) is 24.1 Å². The molecule has 2 aliphatic heterocycles. The Balaban J connectivity index is 1.63. The highest BCUT2D eigenvalue weighted by Crippen LogP contribution is 2.54. The molecule has 1 spiro atoms. The zero-order valence-corrected chi connectivity index (χ0v) is 13.3. The lowest BCUT2D eigenvalue weighted by molar-refractivity contribution is -0.132. The summed E-state index contributed by atoms with van der Waals surface area (Å²) in [5, 5.41) is 12.2. The van der Waals surface area contributed by atoms with Gasteiger partial charge in [-0.05, 0) is 29.7 Å². The maximum atomic E-state index is 12.7. The molecule has 26 heavy (non-hydrogen) atoms. The quantitative estimate of drug-likeness (QED) is 0.573. The summed E-state index contributed by atoms with van der Waals surface area (Å²) in [6, 6.07) is 11.2. The minimum absolute atomic E-state index is 0.00260. The summed E-state index contributed by atoms with van der Waals surface area (Å²) < 4.78 is 18.0. The average Bonchev–Trinajstić information content (AvgIpc) is 3.44. The van der Waals surface area contributed by atoms with Crippen molar-refractivity contribution < 1.29 is 28.9 Å². The molecular weight excluding hydrogens is 336 g/mol. The SMILES string of the molecule is O=C1C=CC(=O)C2=C1[C@@H](O)[C@H]1O[C@H]1C21Oc2cccc3cccc(c23)O1. The Morgan fingerprint density at radius 1 is 0.923 bits per heavy atom. The van der Waals surface area contributed by atoms with E-state index in [1.165, 1.54) is 6.08 Å². The second-order valence-electron chi connectivity index (χ2n) is 6.80. The molecule has 6 nitrogen and oxygen atoms in total. The summed E-state index contributed by atoms with van der Waals surface area (Å²) in [6.45, 7) is 0. The fourth-order valence-corrected chi connectivity index (χ4v) is 4.22. The third kappa shape index (κ3) is 1.54. The molecule has 1 N–H and O–H groups in total. The Labute approximate surface area is 147 Å². The number of ether oxygens (including phenoxy) is 3. The number of benzene rings is 2. The maximum Gasteiger partial charge on any atom is 0.311 e. The lowest BCUT2D eigenvalue weighted by Crippen LogP contribution is -2.58. The van der Waals surface area contributed by atoms with E-state index in [1.54, 1.807) is 12.1 Å². The van der Waals surface area contributed by atoms with E-state index in [0.29, 0.717) is 11.5 Å². The van der Waals surface area contributed by atoms with Gasteiger partial charge in [0.2, 0.25) is 0 Å². The van der Waals surface area contributed by atoms with Crippen LogP contribution in [0.3, 0.4) is 0 Å². The van der Waals surface area contributed by atoms with Crippen molar-refractivity contribution in [2.75, 3.05) is 0 Å². The zero-order valence-electron chi connectivity index (χ0n) is 13.3. The van der Waals surface area contributed by atoms with Gasteiger partial charge in [0.05, 0.1) is 11.0 Å². The second-order valence-corrected chi connectivity index (χ2v) is 6.80. The van der Waals surface area contributed by atoms with Gasteiger partial charge in [-0.1, -0.05) is 24.3 Å². The topological polar surface area (TPSA) is 85.4 Å². The molecule has 0 radical (unpaired) electrons. The number of aliphatic hydroxyl groups is 1. The first kappa shape index (κ1) is 14.2. The molecule has 0 aromatic heterocycles.